The molecule has 0 aliphatic heterocycles. The zero-order valence-electron chi connectivity index (χ0n) is 12.5. The molecule has 2 N–H and O–H groups in total. The Kier molecular flexibility index (Phi) is 3.50. The summed E-state index contributed by atoms with van der Waals surface area (Å²) in [4.78, 5) is 9.04. The zero-order valence-corrected chi connectivity index (χ0v) is 12.5. The molecule has 0 amide bonds. The molecule has 3 rings (SSSR count). The number of fused-ring (bicyclic) bond motifs is 1. The zero-order chi connectivity index (χ0) is 14.2. The molecule has 1 aliphatic carbocycles. The lowest BCUT2D eigenvalue weighted by atomic mass is 9.90. The van der Waals surface area contributed by atoms with E-state index in [1.54, 1.807) is 0 Å². The maximum absolute atomic E-state index is 6.78. The molecule has 4 heteroatoms. The van der Waals surface area contributed by atoms with Crippen LogP contribution in [0.4, 0.5) is 0 Å². The minimum atomic E-state index is -0.278. The van der Waals surface area contributed by atoms with Gasteiger partial charge in [0, 0.05) is 12.2 Å². The van der Waals surface area contributed by atoms with Crippen molar-refractivity contribution in [3.63, 3.8) is 0 Å². The minimum Gasteiger partial charge on any atom is -0.324 e. The lowest BCUT2D eigenvalue weighted by Gasteiger charge is -2.29. The molecule has 0 bridgehead atoms. The van der Waals surface area contributed by atoms with Crippen molar-refractivity contribution in [2.75, 3.05) is 0 Å². The van der Waals surface area contributed by atoms with Crippen molar-refractivity contribution >= 4 is 11.0 Å². The first-order chi connectivity index (χ1) is 9.62. The molecule has 1 aliphatic rings. The predicted molar refractivity (Wildman–Crippen MR) is 81.5 cm³/mol. The second-order valence-corrected chi connectivity index (χ2v) is 6.33. The Bertz CT molecular complexity index is 592. The lowest BCUT2D eigenvalue weighted by Crippen LogP contribution is -2.39. The lowest BCUT2D eigenvalue weighted by molar-refractivity contribution is 0.342. The number of pyridine rings is 1. The summed E-state index contributed by atoms with van der Waals surface area (Å²) in [6, 6.07) is 2.41. The third-order valence-corrected chi connectivity index (χ3v) is 4.45. The Labute approximate surface area is 120 Å². The topological polar surface area (TPSA) is 56.7 Å². The van der Waals surface area contributed by atoms with Crippen LogP contribution >= 0.6 is 0 Å². The first kappa shape index (κ1) is 13.6. The van der Waals surface area contributed by atoms with Gasteiger partial charge in [0.05, 0.1) is 17.3 Å². The first-order valence-corrected chi connectivity index (χ1v) is 7.73. The quantitative estimate of drug-likeness (QED) is 0.851. The van der Waals surface area contributed by atoms with Gasteiger partial charge in [0.15, 0.2) is 0 Å². The average Bonchev–Trinajstić information content (AvgIpc) is 2.69. The molecule has 2 heterocycles. The van der Waals surface area contributed by atoms with Crippen LogP contribution in [0.1, 0.15) is 64.2 Å². The number of hydrogen-bond donors (Lipinski definition) is 1. The van der Waals surface area contributed by atoms with Crippen molar-refractivity contribution in [2.24, 2.45) is 5.73 Å². The minimum absolute atomic E-state index is 0.278. The molecular formula is C16H24N4. The monoisotopic (exact) mass is 272 g/mol. The Morgan fingerprint density at radius 2 is 1.90 bits per heavy atom. The van der Waals surface area contributed by atoms with Gasteiger partial charge < -0.3 is 10.3 Å². The summed E-state index contributed by atoms with van der Waals surface area (Å²) in [5, 5.41) is 0. The van der Waals surface area contributed by atoms with Crippen molar-refractivity contribution < 1.29 is 0 Å². The van der Waals surface area contributed by atoms with E-state index in [0.717, 1.165) is 29.7 Å². The fraction of sp³-hybridized carbons (Fsp3) is 0.625. The van der Waals surface area contributed by atoms with Gasteiger partial charge in [0.2, 0.25) is 0 Å². The normalized spacial score (nSPS) is 19.4. The van der Waals surface area contributed by atoms with E-state index < -0.39 is 0 Å². The summed E-state index contributed by atoms with van der Waals surface area (Å²) < 4.78 is 2.31. The SMILES string of the molecule is CC(C)n1c(C2(N)CCCCCC2)nc2cnccc21. The third-order valence-electron chi connectivity index (χ3n) is 4.45. The van der Waals surface area contributed by atoms with Gasteiger partial charge in [-0.05, 0) is 32.8 Å². The third kappa shape index (κ3) is 2.22. The summed E-state index contributed by atoms with van der Waals surface area (Å²) >= 11 is 0. The Hall–Kier alpha value is -1.42. The fourth-order valence-electron chi connectivity index (χ4n) is 3.41. The maximum Gasteiger partial charge on any atom is 0.130 e. The van der Waals surface area contributed by atoms with Crippen LogP contribution in [0.5, 0.6) is 0 Å². The number of nitrogens with two attached hydrogens (primary N) is 1. The molecule has 1 saturated carbocycles. The molecule has 0 atom stereocenters. The number of imidazole rings is 1. The van der Waals surface area contributed by atoms with E-state index in [0.29, 0.717) is 6.04 Å². The van der Waals surface area contributed by atoms with E-state index in [9.17, 15) is 0 Å². The highest BCUT2D eigenvalue weighted by atomic mass is 15.1. The molecule has 0 aromatic carbocycles. The average molecular weight is 272 g/mol. The molecule has 0 radical (unpaired) electrons. The molecule has 2 aromatic rings. The van der Waals surface area contributed by atoms with Gasteiger partial charge >= 0.3 is 0 Å². The van der Waals surface area contributed by atoms with Crippen molar-refractivity contribution in [1.82, 2.24) is 14.5 Å². The van der Waals surface area contributed by atoms with Crippen LogP contribution in [-0.2, 0) is 5.54 Å². The molecule has 108 valence electrons. The van der Waals surface area contributed by atoms with Gasteiger partial charge in [-0.15, -0.1) is 0 Å². The van der Waals surface area contributed by atoms with Crippen molar-refractivity contribution in [3.05, 3.63) is 24.3 Å². The summed E-state index contributed by atoms with van der Waals surface area (Å²) in [6.45, 7) is 4.40. The molecular weight excluding hydrogens is 248 g/mol. The van der Waals surface area contributed by atoms with E-state index in [4.69, 9.17) is 10.7 Å². The summed E-state index contributed by atoms with van der Waals surface area (Å²) in [7, 11) is 0. The van der Waals surface area contributed by atoms with Crippen molar-refractivity contribution in [2.45, 2.75) is 64.0 Å². The molecule has 4 nitrogen and oxygen atoms in total. The summed E-state index contributed by atoms with van der Waals surface area (Å²) in [5.41, 5.74) is 8.62. The van der Waals surface area contributed by atoms with E-state index in [-0.39, 0.29) is 5.54 Å². The van der Waals surface area contributed by atoms with Crippen molar-refractivity contribution in [3.8, 4) is 0 Å². The highest BCUT2D eigenvalue weighted by Crippen LogP contribution is 2.36. The predicted octanol–water partition coefficient (Wildman–Crippen LogP) is 3.52. The van der Waals surface area contributed by atoms with Gasteiger partial charge in [0.1, 0.15) is 11.3 Å². The van der Waals surface area contributed by atoms with Crippen LogP contribution in [0, 0.1) is 0 Å². The number of rotatable bonds is 2. The van der Waals surface area contributed by atoms with Crippen molar-refractivity contribution in [1.29, 1.82) is 0 Å². The largest absolute Gasteiger partial charge is 0.324 e. The highest BCUT2D eigenvalue weighted by Gasteiger charge is 2.34. The molecule has 1 fully saturated rings. The standard InChI is InChI=1S/C16H24N4/c1-12(2)20-14-7-10-18-11-13(14)19-15(20)16(17)8-5-3-4-6-9-16/h7,10-12H,3-6,8-9,17H2,1-2H3. The number of hydrogen-bond acceptors (Lipinski definition) is 3. The van der Waals surface area contributed by atoms with E-state index in [1.807, 2.05) is 18.5 Å². The van der Waals surface area contributed by atoms with Gasteiger partial charge in [-0.1, -0.05) is 25.7 Å². The molecule has 0 spiro atoms. The van der Waals surface area contributed by atoms with Crippen LogP contribution in [0.3, 0.4) is 0 Å². The van der Waals surface area contributed by atoms with Crippen LogP contribution in [0.2, 0.25) is 0 Å². The van der Waals surface area contributed by atoms with Crippen LogP contribution < -0.4 is 5.73 Å². The van der Waals surface area contributed by atoms with Gasteiger partial charge in [-0.25, -0.2) is 4.98 Å². The molecule has 0 unspecified atom stereocenters. The number of aromatic nitrogens is 3. The second-order valence-electron chi connectivity index (χ2n) is 6.33. The summed E-state index contributed by atoms with van der Waals surface area (Å²) in [6.07, 6.45) is 10.8. The van der Waals surface area contributed by atoms with E-state index in [2.05, 4.69) is 23.4 Å². The second kappa shape index (κ2) is 5.17. The molecule has 0 saturated heterocycles. The van der Waals surface area contributed by atoms with Crippen LogP contribution in [-0.4, -0.2) is 14.5 Å². The van der Waals surface area contributed by atoms with Gasteiger partial charge in [0.25, 0.3) is 0 Å². The summed E-state index contributed by atoms with van der Waals surface area (Å²) in [5.74, 6) is 1.05. The van der Waals surface area contributed by atoms with Gasteiger partial charge in [-0.3, -0.25) is 4.98 Å². The Morgan fingerprint density at radius 3 is 2.55 bits per heavy atom. The van der Waals surface area contributed by atoms with Crippen LogP contribution in [0.15, 0.2) is 18.5 Å². The van der Waals surface area contributed by atoms with Gasteiger partial charge in [-0.2, -0.15) is 0 Å². The number of nitrogens with zero attached hydrogens (tertiary/aromatic N) is 3. The smallest absolute Gasteiger partial charge is 0.130 e. The van der Waals surface area contributed by atoms with Crippen LogP contribution in [0.25, 0.3) is 11.0 Å². The fourth-order valence-corrected chi connectivity index (χ4v) is 3.41. The molecule has 2 aromatic heterocycles. The molecule has 20 heavy (non-hydrogen) atoms. The highest BCUT2D eigenvalue weighted by molar-refractivity contribution is 5.75. The van der Waals surface area contributed by atoms with E-state index in [1.165, 1.54) is 25.7 Å². The maximum atomic E-state index is 6.78. The van der Waals surface area contributed by atoms with E-state index >= 15 is 0 Å². The Morgan fingerprint density at radius 1 is 1.20 bits per heavy atom. The Balaban J connectivity index is 2.16. The first-order valence-electron chi connectivity index (χ1n) is 7.73.